The second kappa shape index (κ2) is 4.60. The zero-order valence-corrected chi connectivity index (χ0v) is 8.70. The van der Waals surface area contributed by atoms with Gasteiger partial charge in [-0.15, -0.1) is 0 Å². The molecule has 0 spiro atoms. The first kappa shape index (κ1) is 13.3. The molecule has 1 fully saturated rings. The molecule has 0 aromatic carbocycles. The minimum Gasteiger partial charge on any atom is -0.527 e. The highest BCUT2D eigenvalue weighted by Crippen LogP contribution is 2.28. The van der Waals surface area contributed by atoms with Crippen LogP contribution in [0.15, 0.2) is 0 Å². The Kier molecular flexibility index (Phi) is 3.59. The first-order valence-corrected chi connectivity index (χ1v) is 4.52. The van der Waals surface area contributed by atoms with E-state index in [1.165, 1.54) is 0 Å². The Labute approximate surface area is 94.3 Å². The number of hydrogen-bond acceptors (Lipinski definition) is 6. The van der Waals surface area contributed by atoms with Crippen molar-refractivity contribution < 1.29 is 37.4 Å². The first-order chi connectivity index (χ1) is 7.78. The van der Waals surface area contributed by atoms with E-state index in [-0.39, 0.29) is 0 Å². The summed E-state index contributed by atoms with van der Waals surface area (Å²) in [4.78, 5) is 43.3. The van der Waals surface area contributed by atoms with Crippen LogP contribution in [0, 0.1) is 0 Å². The van der Waals surface area contributed by atoms with Gasteiger partial charge in [-0.2, -0.15) is 8.78 Å². The van der Waals surface area contributed by atoms with Gasteiger partial charge in [-0.1, -0.05) is 0 Å². The van der Waals surface area contributed by atoms with Gasteiger partial charge < -0.3 is 9.39 Å². The van der Waals surface area contributed by atoms with Crippen LogP contribution in [0.3, 0.4) is 0 Å². The van der Waals surface area contributed by atoms with Crippen LogP contribution in [-0.4, -0.2) is 43.5 Å². The molecule has 0 unspecified atom stereocenters. The van der Waals surface area contributed by atoms with Crippen molar-refractivity contribution >= 4 is 30.4 Å². The summed E-state index contributed by atoms with van der Waals surface area (Å²) < 4.78 is 34.0. The molecule has 0 saturated carbocycles. The molecular weight excluding hydrogens is 241 g/mol. The number of esters is 1. The van der Waals surface area contributed by atoms with Crippen LogP contribution in [0.4, 0.5) is 8.78 Å². The highest BCUT2D eigenvalue weighted by Gasteiger charge is 2.54. The number of alkyl halides is 2. The number of Topliss-reactive ketones (excluding diaryl/α,β-unsaturated/α-hetero) is 2. The van der Waals surface area contributed by atoms with Gasteiger partial charge in [-0.3, -0.25) is 9.59 Å². The zero-order chi connectivity index (χ0) is 13.2. The number of carbonyl (C=O) groups excluding carboxylic acids is 4. The quantitative estimate of drug-likeness (QED) is 0.268. The Hall–Kier alpha value is -1.80. The van der Waals surface area contributed by atoms with Crippen molar-refractivity contribution in [2.24, 2.45) is 0 Å². The summed E-state index contributed by atoms with van der Waals surface area (Å²) in [7, 11) is 0.926. The fraction of sp³-hybridized carbons (Fsp3) is 0.500. The molecule has 0 aromatic heterocycles. The molecule has 0 radical (unpaired) electrons. The molecule has 1 aliphatic heterocycles. The molecule has 1 heterocycles. The Morgan fingerprint density at radius 3 is 2.06 bits per heavy atom. The van der Waals surface area contributed by atoms with E-state index in [0.717, 1.165) is 7.11 Å². The summed E-state index contributed by atoms with van der Waals surface area (Å²) in [6.45, 7) is -1.35. The molecule has 0 N–H and O–H groups in total. The lowest BCUT2D eigenvalue weighted by Gasteiger charge is -2.22. The second-order valence-electron chi connectivity index (χ2n) is 3.35. The van der Waals surface area contributed by atoms with Gasteiger partial charge in [0.1, 0.15) is 0 Å². The van der Waals surface area contributed by atoms with Crippen molar-refractivity contribution in [2.75, 3.05) is 7.11 Å². The third-order valence-corrected chi connectivity index (χ3v) is 2.15. The molecule has 0 amide bonds. The van der Waals surface area contributed by atoms with E-state index < -0.39 is 49.0 Å². The number of rotatable bonds is 1. The maximum Gasteiger partial charge on any atom is 0.415 e. The number of methoxy groups -OCH3 is 1. The van der Waals surface area contributed by atoms with Crippen molar-refractivity contribution in [3.63, 3.8) is 0 Å². The predicted octanol–water partition coefficient (Wildman–Crippen LogP) is -0.519. The van der Waals surface area contributed by atoms with Crippen molar-refractivity contribution in [2.45, 2.75) is 18.6 Å². The lowest BCUT2D eigenvalue weighted by Crippen LogP contribution is -2.48. The fourth-order valence-corrected chi connectivity index (χ4v) is 1.26. The summed E-state index contributed by atoms with van der Waals surface area (Å²) in [5.41, 5.74) is 0. The summed E-state index contributed by atoms with van der Waals surface area (Å²) in [5.74, 6) is -10.0. The van der Waals surface area contributed by atoms with Crippen LogP contribution >= 0.6 is 0 Å². The van der Waals surface area contributed by atoms with Crippen LogP contribution in [0.2, 0.25) is 12.6 Å². The van der Waals surface area contributed by atoms with Gasteiger partial charge in [-0.05, 0) is 0 Å². The maximum atomic E-state index is 12.8. The maximum absolute atomic E-state index is 12.8. The molecule has 1 saturated heterocycles. The minimum atomic E-state index is -4.03. The lowest BCUT2D eigenvalue weighted by atomic mass is 9.54. The smallest absolute Gasteiger partial charge is 0.415 e. The molecular formula is C8H7BF2O6. The van der Waals surface area contributed by atoms with E-state index in [9.17, 15) is 28.0 Å². The van der Waals surface area contributed by atoms with Crippen LogP contribution in [0.1, 0.15) is 0 Å². The van der Waals surface area contributed by atoms with Gasteiger partial charge in [0.15, 0.2) is 0 Å². The van der Waals surface area contributed by atoms with E-state index in [0.29, 0.717) is 0 Å². The topological polar surface area (TPSA) is 86.7 Å². The van der Waals surface area contributed by atoms with E-state index in [4.69, 9.17) is 0 Å². The molecule has 17 heavy (non-hydrogen) atoms. The molecule has 1 aliphatic rings. The van der Waals surface area contributed by atoms with E-state index in [2.05, 4.69) is 9.39 Å². The van der Waals surface area contributed by atoms with Gasteiger partial charge in [0.25, 0.3) is 0 Å². The molecule has 1 rings (SSSR count). The Balaban J connectivity index is 2.66. The monoisotopic (exact) mass is 248 g/mol. The van der Waals surface area contributed by atoms with Gasteiger partial charge in [0.05, 0.1) is 7.11 Å². The SMILES string of the molecule is COC(=O)C(=O)OB1CC(=O)C(F)(F)C(=O)C1. The van der Waals surface area contributed by atoms with Gasteiger partial charge in [0, 0.05) is 12.6 Å². The zero-order valence-electron chi connectivity index (χ0n) is 8.70. The summed E-state index contributed by atoms with van der Waals surface area (Å²) in [6.07, 6.45) is -1.61. The first-order valence-electron chi connectivity index (χ1n) is 4.52. The average Bonchev–Trinajstić information content (AvgIpc) is 2.25. The van der Waals surface area contributed by atoms with Crippen molar-refractivity contribution in [1.82, 2.24) is 0 Å². The highest BCUT2D eigenvalue weighted by atomic mass is 19.3. The van der Waals surface area contributed by atoms with E-state index in [1.54, 1.807) is 0 Å². The second-order valence-corrected chi connectivity index (χ2v) is 3.35. The van der Waals surface area contributed by atoms with Gasteiger partial charge in [-0.25, -0.2) is 9.59 Å². The molecule has 0 aromatic rings. The van der Waals surface area contributed by atoms with Crippen molar-refractivity contribution in [3.8, 4) is 0 Å². The summed E-state index contributed by atoms with van der Waals surface area (Å²) >= 11 is 0. The Morgan fingerprint density at radius 1 is 1.18 bits per heavy atom. The molecule has 0 bridgehead atoms. The van der Waals surface area contributed by atoms with Crippen LogP contribution in [-0.2, 0) is 28.6 Å². The molecule has 92 valence electrons. The van der Waals surface area contributed by atoms with Crippen LogP contribution in [0.5, 0.6) is 0 Å². The number of ketones is 2. The fourth-order valence-electron chi connectivity index (χ4n) is 1.26. The van der Waals surface area contributed by atoms with E-state index in [1.807, 2.05) is 0 Å². The highest BCUT2D eigenvalue weighted by molar-refractivity contribution is 6.66. The predicted molar refractivity (Wildman–Crippen MR) is 48.4 cm³/mol. The summed E-state index contributed by atoms with van der Waals surface area (Å²) in [6, 6.07) is 0. The Bertz CT molecular complexity index is 373. The largest absolute Gasteiger partial charge is 0.527 e. The van der Waals surface area contributed by atoms with E-state index >= 15 is 0 Å². The van der Waals surface area contributed by atoms with Crippen LogP contribution in [0.25, 0.3) is 0 Å². The minimum absolute atomic E-state index is 0.804. The van der Waals surface area contributed by atoms with Gasteiger partial charge in [0.2, 0.25) is 11.6 Å². The van der Waals surface area contributed by atoms with Crippen molar-refractivity contribution in [1.29, 1.82) is 0 Å². The van der Waals surface area contributed by atoms with Gasteiger partial charge >= 0.3 is 24.8 Å². The molecule has 6 nitrogen and oxygen atoms in total. The normalized spacial score (nSPS) is 18.9. The molecule has 0 atom stereocenters. The summed E-state index contributed by atoms with van der Waals surface area (Å²) in [5, 5.41) is 0. The number of ether oxygens (including phenoxy) is 1. The number of hydrogen-bond donors (Lipinski definition) is 0. The van der Waals surface area contributed by atoms with Crippen molar-refractivity contribution in [3.05, 3.63) is 0 Å². The van der Waals surface area contributed by atoms with Crippen LogP contribution < -0.4 is 0 Å². The average molecular weight is 248 g/mol. The molecule has 9 heteroatoms. The third kappa shape index (κ3) is 2.66. The number of carbonyl (C=O) groups is 4. The number of halogens is 2. The lowest BCUT2D eigenvalue weighted by molar-refractivity contribution is -0.161. The molecule has 0 aliphatic carbocycles. The standard InChI is InChI=1S/C8H7BF2O6/c1-16-6(14)7(15)17-9-2-4(12)8(10,11)5(13)3-9/h2-3H2,1H3. The Morgan fingerprint density at radius 2 is 1.65 bits per heavy atom. The third-order valence-electron chi connectivity index (χ3n) is 2.15.